The summed E-state index contributed by atoms with van der Waals surface area (Å²) in [6, 6.07) is 15.9. The molecule has 1 N–H and O–H groups in total. The van der Waals surface area contributed by atoms with Crippen LogP contribution in [0.2, 0.25) is 0 Å². The summed E-state index contributed by atoms with van der Waals surface area (Å²) < 4.78 is 16.8. The van der Waals surface area contributed by atoms with Gasteiger partial charge in [-0.05, 0) is 37.1 Å². The third-order valence-corrected chi connectivity index (χ3v) is 5.76. The normalized spacial score (nSPS) is 11.4. The predicted octanol–water partition coefficient (Wildman–Crippen LogP) is 6.38. The molecule has 8 nitrogen and oxygen atoms in total. The zero-order chi connectivity index (χ0) is 25.1. The van der Waals surface area contributed by atoms with Crippen molar-refractivity contribution in [3.63, 3.8) is 0 Å². The Bertz CT molecular complexity index is 1450. The largest absolute Gasteiger partial charge is 0.496 e. The number of nitro benzene ring substituents is 1. The molecule has 0 radical (unpaired) electrons. The third kappa shape index (κ3) is 4.59. The first-order valence-corrected chi connectivity index (χ1v) is 10.8. The summed E-state index contributed by atoms with van der Waals surface area (Å²) in [5.74, 6) is 0.394. The van der Waals surface area contributed by atoms with E-state index in [4.69, 9.17) is 13.9 Å². The fourth-order valence-electron chi connectivity index (χ4n) is 4.05. The van der Waals surface area contributed by atoms with Gasteiger partial charge < -0.3 is 19.2 Å². The number of carbonyl (C=O) groups is 1. The molecule has 0 unspecified atom stereocenters. The molecule has 0 aliphatic rings. The van der Waals surface area contributed by atoms with Gasteiger partial charge in [-0.2, -0.15) is 0 Å². The van der Waals surface area contributed by atoms with Gasteiger partial charge in [0.05, 0.1) is 37.2 Å². The number of aryl methyl sites for hydroxylation is 1. The van der Waals surface area contributed by atoms with Crippen LogP contribution in [0.3, 0.4) is 0 Å². The molecule has 3 aromatic carbocycles. The monoisotopic (exact) mass is 472 g/mol. The molecule has 1 heterocycles. The average Bonchev–Trinajstić information content (AvgIpc) is 3.29. The maximum atomic E-state index is 12.8. The highest BCUT2D eigenvalue weighted by Gasteiger charge is 2.19. The Kier molecular flexibility index (Phi) is 6.55. The molecule has 4 aromatic rings. The number of nitro groups is 1. The van der Waals surface area contributed by atoms with Crippen molar-refractivity contribution in [3.8, 4) is 22.6 Å². The highest BCUT2D eigenvalue weighted by atomic mass is 16.6. The van der Waals surface area contributed by atoms with Gasteiger partial charge in [-0.1, -0.05) is 30.3 Å². The third-order valence-electron chi connectivity index (χ3n) is 5.76. The number of benzene rings is 3. The minimum atomic E-state index is -0.525. The fourth-order valence-corrected chi connectivity index (χ4v) is 4.05. The summed E-state index contributed by atoms with van der Waals surface area (Å²) in [7, 11) is 2.96. The maximum absolute atomic E-state index is 12.8. The minimum absolute atomic E-state index is 0.130. The Hall–Kier alpha value is -4.59. The number of hydrogen-bond acceptors (Lipinski definition) is 6. The lowest BCUT2D eigenvalue weighted by molar-refractivity contribution is -0.384. The minimum Gasteiger partial charge on any atom is -0.496 e. The van der Waals surface area contributed by atoms with Crippen molar-refractivity contribution >= 4 is 33.8 Å². The number of nitrogens with one attached hydrogen (secondary N) is 1. The number of non-ortho nitro benzene ring substituents is 1. The molecular weight excluding hydrogens is 448 g/mol. The van der Waals surface area contributed by atoms with Gasteiger partial charge in [0.2, 0.25) is 5.91 Å². The van der Waals surface area contributed by atoms with E-state index in [-0.39, 0.29) is 11.4 Å². The van der Waals surface area contributed by atoms with Crippen LogP contribution in [-0.2, 0) is 4.79 Å². The number of ether oxygens (including phenoxy) is 2. The zero-order valence-corrected chi connectivity index (χ0v) is 19.7. The van der Waals surface area contributed by atoms with Gasteiger partial charge in [-0.25, -0.2) is 0 Å². The number of carbonyl (C=O) groups excluding carboxylic acids is 1. The number of amides is 1. The Morgan fingerprint density at radius 2 is 1.83 bits per heavy atom. The van der Waals surface area contributed by atoms with Crippen LogP contribution in [0.25, 0.3) is 27.7 Å². The van der Waals surface area contributed by atoms with Gasteiger partial charge >= 0.3 is 0 Å². The van der Waals surface area contributed by atoms with Crippen molar-refractivity contribution in [3.05, 3.63) is 88.2 Å². The summed E-state index contributed by atoms with van der Waals surface area (Å²) in [4.78, 5) is 23.3. The molecule has 178 valence electrons. The molecule has 0 spiro atoms. The molecule has 0 bridgehead atoms. The lowest BCUT2D eigenvalue weighted by Crippen LogP contribution is -2.10. The highest BCUT2D eigenvalue weighted by molar-refractivity contribution is 6.06. The number of allylic oxidation sites excluding steroid dienone is 1. The van der Waals surface area contributed by atoms with Crippen LogP contribution < -0.4 is 14.8 Å². The zero-order valence-electron chi connectivity index (χ0n) is 19.7. The van der Waals surface area contributed by atoms with Crippen LogP contribution in [0.5, 0.6) is 11.5 Å². The molecule has 0 fully saturated rings. The van der Waals surface area contributed by atoms with E-state index in [9.17, 15) is 14.9 Å². The van der Waals surface area contributed by atoms with Crippen LogP contribution in [-0.4, -0.2) is 25.1 Å². The van der Waals surface area contributed by atoms with Crippen LogP contribution >= 0.6 is 0 Å². The van der Waals surface area contributed by atoms with E-state index in [1.54, 1.807) is 13.4 Å². The van der Waals surface area contributed by atoms with Gasteiger partial charge in [0, 0.05) is 34.2 Å². The summed E-state index contributed by atoms with van der Waals surface area (Å²) >= 11 is 0. The smallest absolute Gasteiger partial charge is 0.273 e. The topological polar surface area (TPSA) is 104 Å². The standard InChI is InChI=1S/C27H24N2O6/c1-16(12-25(30)28-23-11-10-19(29(31)32)13-24(23)33-3)20-14-21-22(18-8-6-5-7-9-18)15-35-27(21)17(2)26(20)34-4/h5-15H,1-4H3,(H,28,30)/b16-12+. The van der Waals surface area contributed by atoms with Crippen LogP contribution in [0.15, 0.2) is 71.4 Å². The van der Waals surface area contributed by atoms with E-state index >= 15 is 0 Å². The number of hydrogen-bond donors (Lipinski definition) is 1. The van der Waals surface area contributed by atoms with Crippen molar-refractivity contribution in [1.82, 2.24) is 0 Å². The number of rotatable bonds is 7. The van der Waals surface area contributed by atoms with Crippen molar-refractivity contribution < 1.29 is 23.6 Å². The summed E-state index contributed by atoms with van der Waals surface area (Å²) in [5.41, 5.74) is 5.13. The average molecular weight is 472 g/mol. The van der Waals surface area contributed by atoms with Gasteiger partial charge in [-0.3, -0.25) is 14.9 Å². The second-order valence-electron chi connectivity index (χ2n) is 7.93. The Labute approximate surface area is 201 Å². The van der Waals surface area contributed by atoms with E-state index in [0.29, 0.717) is 17.0 Å². The van der Waals surface area contributed by atoms with Gasteiger partial charge in [0.1, 0.15) is 17.1 Å². The van der Waals surface area contributed by atoms with E-state index < -0.39 is 10.8 Å². The number of furan rings is 1. The Morgan fingerprint density at radius 1 is 1.09 bits per heavy atom. The first kappa shape index (κ1) is 23.6. The number of fused-ring (bicyclic) bond motifs is 1. The van der Waals surface area contributed by atoms with E-state index in [0.717, 1.165) is 33.2 Å². The molecule has 35 heavy (non-hydrogen) atoms. The van der Waals surface area contributed by atoms with Crippen molar-refractivity contribution in [1.29, 1.82) is 0 Å². The fraction of sp³-hybridized carbons (Fsp3) is 0.148. The summed E-state index contributed by atoms with van der Waals surface area (Å²) in [5, 5.41) is 14.7. The molecule has 0 atom stereocenters. The first-order chi connectivity index (χ1) is 16.8. The van der Waals surface area contributed by atoms with E-state index in [1.807, 2.05) is 50.2 Å². The van der Waals surface area contributed by atoms with Crippen molar-refractivity contribution in [2.75, 3.05) is 19.5 Å². The summed E-state index contributed by atoms with van der Waals surface area (Å²) in [6.07, 6.45) is 3.18. The van der Waals surface area contributed by atoms with E-state index in [2.05, 4.69) is 5.32 Å². The first-order valence-electron chi connectivity index (χ1n) is 10.8. The van der Waals surface area contributed by atoms with Gasteiger partial charge in [0.25, 0.3) is 5.69 Å². The second kappa shape index (κ2) is 9.72. The molecule has 4 rings (SSSR count). The molecule has 8 heteroatoms. The molecule has 0 aliphatic carbocycles. The summed E-state index contributed by atoms with van der Waals surface area (Å²) in [6.45, 7) is 3.73. The van der Waals surface area contributed by atoms with Crippen LogP contribution in [0, 0.1) is 17.0 Å². The predicted molar refractivity (Wildman–Crippen MR) is 135 cm³/mol. The molecule has 0 aliphatic heterocycles. The SMILES string of the molecule is COc1cc([N+](=O)[O-])ccc1NC(=O)/C=C(\C)c1cc2c(-c3ccccc3)coc2c(C)c1OC. The quantitative estimate of drug-likeness (QED) is 0.190. The van der Waals surface area contributed by atoms with Crippen molar-refractivity contribution in [2.24, 2.45) is 0 Å². The Morgan fingerprint density at radius 3 is 2.49 bits per heavy atom. The molecular formula is C27H24N2O6. The molecule has 0 saturated heterocycles. The maximum Gasteiger partial charge on any atom is 0.273 e. The molecule has 1 aromatic heterocycles. The highest BCUT2D eigenvalue weighted by Crippen LogP contribution is 2.40. The van der Waals surface area contributed by atoms with Gasteiger partial charge in [0.15, 0.2) is 0 Å². The lowest BCUT2D eigenvalue weighted by atomic mass is 9.96. The molecule has 1 amide bonds. The number of anilines is 1. The van der Waals surface area contributed by atoms with E-state index in [1.165, 1.54) is 31.4 Å². The second-order valence-corrected chi connectivity index (χ2v) is 7.93. The van der Waals surface area contributed by atoms with Crippen LogP contribution in [0.4, 0.5) is 11.4 Å². The Balaban J connectivity index is 1.72. The van der Waals surface area contributed by atoms with Crippen LogP contribution in [0.1, 0.15) is 18.1 Å². The number of methoxy groups -OCH3 is 2. The van der Waals surface area contributed by atoms with Gasteiger partial charge in [-0.15, -0.1) is 0 Å². The molecule has 0 saturated carbocycles. The number of nitrogens with zero attached hydrogens (tertiary/aromatic N) is 1. The van der Waals surface area contributed by atoms with Crippen molar-refractivity contribution in [2.45, 2.75) is 13.8 Å². The lowest BCUT2D eigenvalue weighted by Gasteiger charge is -2.14.